The Kier molecular flexibility index (Phi) is 7.94. The molecule has 0 saturated heterocycles. The fourth-order valence-electron chi connectivity index (χ4n) is 2.88. The second-order valence-electron chi connectivity index (χ2n) is 7.26. The molecule has 0 spiro atoms. The molecule has 0 atom stereocenters. The van der Waals surface area contributed by atoms with Gasteiger partial charge in [-0.15, -0.1) is 0 Å². The quantitative estimate of drug-likeness (QED) is 0.274. The number of carbonyl (C=O) groups excluding carboxylic acids is 2. The number of amides is 2. The Morgan fingerprint density at radius 3 is 2.32 bits per heavy atom. The molecule has 9 nitrogen and oxygen atoms in total. The van der Waals surface area contributed by atoms with E-state index in [1.54, 1.807) is 62.4 Å². The van der Waals surface area contributed by atoms with Gasteiger partial charge in [-0.05, 0) is 61.9 Å². The monoisotopic (exact) mass is 480 g/mol. The van der Waals surface area contributed by atoms with Crippen LogP contribution in [0.1, 0.15) is 28.4 Å². The predicted molar refractivity (Wildman–Crippen MR) is 130 cm³/mol. The number of hydrogen-bond acceptors (Lipinski definition) is 6. The summed E-state index contributed by atoms with van der Waals surface area (Å²) in [5.74, 6) is -0.358. The van der Waals surface area contributed by atoms with Crippen molar-refractivity contribution >= 4 is 40.5 Å². The summed E-state index contributed by atoms with van der Waals surface area (Å²) < 4.78 is 5.41. The molecule has 3 rings (SSSR count). The highest BCUT2D eigenvalue weighted by Crippen LogP contribution is 2.19. The van der Waals surface area contributed by atoms with Crippen LogP contribution in [0.3, 0.4) is 0 Å². The summed E-state index contributed by atoms with van der Waals surface area (Å²) in [6, 6.07) is 17.8. The summed E-state index contributed by atoms with van der Waals surface area (Å²) in [6.45, 7) is 3.14. The maximum atomic E-state index is 12.3. The molecule has 174 valence electrons. The first-order valence-corrected chi connectivity index (χ1v) is 10.5. The molecule has 0 radical (unpaired) electrons. The maximum Gasteiger partial charge on any atom is 0.273 e. The molecule has 0 saturated carbocycles. The van der Waals surface area contributed by atoms with Gasteiger partial charge in [0, 0.05) is 27.9 Å². The number of nitro benzene ring substituents is 1. The molecule has 10 heteroatoms. The topological polar surface area (TPSA) is 123 Å². The number of hydrazone groups is 1. The van der Waals surface area contributed by atoms with Crippen molar-refractivity contribution in [1.29, 1.82) is 0 Å². The van der Waals surface area contributed by atoms with Gasteiger partial charge in [0.25, 0.3) is 17.5 Å². The first-order valence-electron chi connectivity index (χ1n) is 10.1. The van der Waals surface area contributed by atoms with E-state index in [9.17, 15) is 19.7 Å². The second kappa shape index (κ2) is 11.1. The van der Waals surface area contributed by atoms with Crippen LogP contribution in [0, 0.1) is 17.0 Å². The first kappa shape index (κ1) is 24.4. The number of benzene rings is 3. The van der Waals surface area contributed by atoms with Crippen molar-refractivity contribution in [1.82, 2.24) is 5.43 Å². The van der Waals surface area contributed by atoms with Crippen molar-refractivity contribution in [2.75, 3.05) is 11.9 Å². The Labute approximate surface area is 200 Å². The summed E-state index contributed by atoms with van der Waals surface area (Å²) in [5.41, 5.74) is 4.65. The predicted octanol–water partition coefficient (Wildman–Crippen LogP) is 4.73. The van der Waals surface area contributed by atoms with E-state index in [4.69, 9.17) is 16.3 Å². The van der Waals surface area contributed by atoms with Gasteiger partial charge in [0.05, 0.1) is 10.6 Å². The Hall–Kier alpha value is -4.24. The van der Waals surface area contributed by atoms with Gasteiger partial charge in [-0.3, -0.25) is 19.7 Å². The molecule has 34 heavy (non-hydrogen) atoms. The van der Waals surface area contributed by atoms with E-state index in [1.807, 2.05) is 0 Å². The van der Waals surface area contributed by atoms with Gasteiger partial charge in [-0.25, -0.2) is 5.43 Å². The molecule has 0 heterocycles. The van der Waals surface area contributed by atoms with Crippen LogP contribution in [0.2, 0.25) is 5.02 Å². The van der Waals surface area contributed by atoms with Gasteiger partial charge in [0.15, 0.2) is 6.61 Å². The van der Waals surface area contributed by atoms with Crippen LogP contribution in [0.15, 0.2) is 71.8 Å². The molecule has 0 aliphatic carbocycles. The van der Waals surface area contributed by atoms with Gasteiger partial charge in [0.2, 0.25) is 0 Å². The zero-order valence-corrected chi connectivity index (χ0v) is 19.1. The Morgan fingerprint density at radius 1 is 1.03 bits per heavy atom. The molecule has 3 aromatic carbocycles. The fourth-order valence-corrected chi connectivity index (χ4v) is 3.01. The number of anilines is 1. The van der Waals surface area contributed by atoms with Crippen LogP contribution < -0.4 is 15.5 Å². The Morgan fingerprint density at radius 2 is 1.68 bits per heavy atom. The van der Waals surface area contributed by atoms with Crippen LogP contribution in [0.5, 0.6) is 5.75 Å². The fraction of sp³-hybridized carbons (Fsp3) is 0.125. The van der Waals surface area contributed by atoms with Crippen LogP contribution >= 0.6 is 11.6 Å². The third kappa shape index (κ3) is 6.63. The molecule has 2 amide bonds. The molecule has 2 N–H and O–H groups in total. The van der Waals surface area contributed by atoms with E-state index in [1.165, 1.54) is 18.2 Å². The smallest absolute Gasteiger partial charge is 0.273 e. The standard InChI is InChI=1S/C24H21ClN4O5/c1-15-3-4-18(13-22(15)29(32)33)24(31)28-27-16(2)17-5-9-20(10-6-17)26-23(30)14-34-21-11-7-19(25)8-12-21/h3-13H,14H2,1-2H3,(H,26,30)(H,28,31)/b27-16+. The molecule has 0 unspecified atom stereocenters. The highest BCUT2D eigenvalue weighted by molar-refractivity contribution is 6.30. The normalized spacial score (nSPS) is 11.0. The minimum Gasteiger partial charge on any atom is -0.484 e. The summed E-state index contributed by atoms with van der Waals surface area (Å²) >= 11 is 5.81. The lowest BCUT2D eigenvalue weighted by Crippen LogP contribution is -2.20. The SMILES string of the molecule is C/C(=N\NC(=O)c1ccc(C)c([N+](=O)[O-])c1)c1ccc(NC(=O)COc2ccc(Cl)cc2)cc1. The number of carbonyl (C=O) groups is 2. The van der Waals surface area contributed by atoms with Crippen LogP contribution in [0.25, 0.3) is 0 Å². The van der Waals surface area contributed by atoms with Crippen LogP contribution in [-0.2, 0) is 4.79 Å². The molecular weight excluding hydrogens is 460 g/mol. The van der Waals surface area contributed by atoms with E-state index in [2.05, 4.69) is 15.8 Å². The van der Waals surface area contributed by atoms with E-state index >= 15 is 0 Å². The van der Waals surface area contributed by atoms with E-state index < -0.39 is 10.8 Å². The molecule has 0 bridgehead atoms. The van der Waals surface area contributed by atoms with Gasteiger partial charge in [0.1, 0.15) is 5.75 Å². The van der Waals surface area contributed by atoms with Crippen molar-refractivity contribution in [3.8, 4) is 5.75 Å². The number of aryl methyl sites for hydroxylation is 1. The van der Waals surface area contributed by atoms with Crippen LogP contribution in [0.4, 0.5) is 11.4 Å². The molecule has 0 aliphatic rings. The van der Waals surface area contributed by atoms with Gasteiger partial charge >= 0.3 is 0 Å². The second-order valence-corrected chi connectivity index (χ2v) is 7.70. The summed E-state index contributed by atoms with van der Waals surface area (Å²) in [5, 5.41) is 18.4. The number of nitro groups is 1. The van der Waals surface area contributed by atoms with Crippen LogP contribution in [-0.4, -0.2) is 29.1 Å². The highest BCUT2D eigenvalue weighted by atomic mass is 35.5. The van der Waals surface area contributed by atoms with Crippen molar-refractivity contribution in [2.45, 2.75) is 13.8 Å². The van der Waals surface area contributed by atoms with Crippen molar-refractivity contribution in [2.24, 2.45) is 5.10 Å². The maximum absolute atomic E-state index is 12.3. The molecule has 0 aliphatic heterocycles. The summed E-state index contributed by atoms with van der Waals surface area (Å²) in [4.78, 5) is 34.9. The Balaban J connectivity index is 1.55. The van der Waals surface area contributed by atoms with Crippen molar-refractivity contribution in [3.63, 3.8) is 0 Å². The lowest BCUT2D eigenvalue weighted by atomic mass is 10.1. The Bertz CT molecular complexity index is 1240. The molecular formula is C24H21ClN4O5. The number of rotatable bonds is 8. The average molecular weight is 481 g/mol. The molecule has 0 aromatic heterocycles. The zero-order valence-electron chi connectivity index (χ0n) is 18.4. The number of ether oxygens (including phenoxy) is 1. The van der Waals surface area contributed by atoms with Crippen molar-refractivity contribution in [3.05, 3.63) is 98.6 Å². The summed E-state index contributed by atoms with van der Waals surface area (Å²) in [6.07, 6.45) is 0. The van der Waals surface area contributed by atoms with E-state index in [0.717, 1.165) is 0 Å². The molecule has 0 fully saturated rings. The lowest BCUT2D eigenvalue weighted by Gasteiger charge is -2.08. The first-order chi connectivity index (χ1) is 16.2. The number of hydrogen-bond donors (Lipinski definition) is 2. The van der Waals surface area contributed by atoms with Gasteiger partial charge < -0.3 is 10.1 Å². The summed E-state index contributed by atoms with van der Waals surface area (Å²) in [7, 11) is 0. The third-order valence-electron chi connectivity index (χ3n) is 4.76. The number of halogens is 1. The minimum atomic E-state index is -0.563. The van der Waals surface area contributed by atoms with E-state index in [-0.39, 0.29) is 23.8 Å². The van der Waals surface area contributed by atoms with Gasteiger partial charge in [-0.1, -0.05) is 29.8 Å². The minimum absolute atomic E-state index is 0.132. The zero-order chi connectivity index (χ0) is 24.7. The lowest BCUT2D eigenvalue weighted by molar-refractivity contribution is -0.385. The third-order valence-corrected chi connectivity index (χ3v) is 5.02. The largest absolute Gasteiger partial charge is 0.484 e. The molecule has 3 aromatic rings. The number of nitrogens with zero attached hydrogens (tertiary/aromatic N) is 2. The van der Waals surface area contributed by atoms with Crippen molar-refractivity contribution < 1.29 is 19.2 Å². The van der Waals surface area contributed by atoms with Gasteiger partial charge in [-0.2, -0.15) is 5.10 Å². The number of nitrogens with one attached hydrogen (secondary N) is 2. The highest BCUT2D eigenvalue weighted by Gasteiger charge is 2.15. The average Bonchev–Trinajstić information content (AvgIpc) is 2.82. The van der Waals surface area contributed by atoms with E-state index in [0.29, 0.717) is 33.3 Å².